The Hall–Kier alpha value is -1.93. The summed E-state index contributed by atoms with van der Waals surface area (Å²) >= 11 is 0. The fraction of sp³-hybridized carbons (Fsp3) is 0.500. The van der Waals surface area contributed by atoms with E-state index in [4.69, 9.17) is 9.47 Å². The first kappa shape index (κ1) is 18.4. The molecule has 0 bridgehead atoms. The maximum absolute atomic E-state index is 12.1. The van der Waals surface area contributed by atoms with Gasteiger partial charge in [-0.05, 0) is 24.1 Å². The number of carbonyl (C=O) groups is 2. The zero-order valence-electron chi connectivity index (χ0n) is 13.7. The lowest BCUT2D eigenvalue weighted by atomic mass is 10.1. The van der Waals surface area contributed by atoms with Gasteiger partial charge in [-0.2, -0.15) is 0 Å². The number of rotatable bonds is 6. The molecule has 1 aliphatic heterocycles. The smallest absolute Gasteiger partial charge is 0.338 e. The number of carbonyl (C=O) groups excluding carboxylic acids is 2. The second-order valence-corrected chi connectivity index (χ2v) is 8.00. The van der Waals surface area contributed by atoms with Gasteiger partial charge in [0.2, 0.25) is 0 Å². The maximum atomic E-state index is 12.1. The molecule has 8 heteroatoms. The molecule has 1 aliphatic rings. The van der Waals surface area contributed by atoms with Gasteiger partial charge in [0.1, 0.15) is 0 Å². The summed E-state index contributed by atoms with van der Waals surface area (Å²) in [6, 6.07) is 6.35. The second-order valence-electron chi connectivity index (χ2n) is 5.77. The van der Waals surface area contributed by atoms with Crippen LogP contribution in [-0.4, -0.2) is 63.5 Å². The maximum Gasteiger partial charge on any atom is 0.338 e. The van der Waals surface area contributed by atoms with Crippen molar-refractivity contribution in [2.45, 2.75) is 19.1 Å². The van der Waals surface area contributed by atoms with E-state index in [0.717, 1.165) is 5.56 Å². The first-order chi connectivity index (χ1) is 11.3. The monoisotopic (exact) mass is 355 g/mol. The number of amides is 1. The Morgan fingerprint density at radius 1 is 1.25 bits per heavy atom. The van der Waals surface area contributed by atoms with E-state index in [1.54, 1.807) is 31.4 Å². The van der Waals surface area contributed by atoms with Crippen LogP contribution in [0.5, 0.6) is 0 Å². The molecule has 24 heavy (non-hydrogen) atoms. The van der Waals surface area contributed by atoms with Crippen molar-refractivity contribution in [2.75, 3.05) is 32.3 Å². The fourth-order valence-electron chi connectivity index (χ4n) is 2.50. The van der Waals surface area contributed by atoms with Gasteiger partial charge in [-0.1, -0.05) is 12.1 Å². The number of nitrogens with zero attached hydrogens (tertiary/aromatic N) is 1. The second kappa shape index (κ2) is 7.76. The Kier molecular flexibility index (Phi) is 5.95. The van der Waals surface area contributed by atoms with Crippen molar-refractivity contribution in [3.63, 3.8) is 0 Å². The molecule has 1 saturated heterocycles. The largest absolute Gasteiger partial charge is 0.452 e. The third-order valence-electron chi connectivity index (χ3n) is 3.98. The van der Waals surface area contributed by atoms with Crippen LogP contribution in [-0.2, 0) is 30.7 Å². The molecule has 0 N–H and O–H groups in total. The molecule has 0 unspecified atom stereocenters. The number of ether oxygens (including phenoxy) is 2. The first-order valence-corrected chi connectivity index (χ1v) is 9.35. The topological polar surface area (TPSA) is 90.0 Å². The van der Waals surface area contributed by atoms with Crippen molar-refractivity contribution < 1.29 is 27.5 Å². The van der Waals surface area contributed by atoms with Crippen molar-refractivity contribution in [1.29, 1.82) is 0 Å². The highest BCUT2D eigenvalue weighted by atomic mass is 32.2. The lowest BCUT2D eigenvalue weighted by molar-refractivity contribution is -0.134. The summed E-state index contributed by atoms with van der Waals surface area (Å²) in [5, 5.41) is 0. The highest BCUT2D eigenvalue weighted by Gasteiger charge is 2.32. The number of benzene rings is 1. The Morgan fingerprint density at radius 3 is 2.46 bits per heavy atom. The average molecular weight is 355 g/mol. The van der Waals surface area contributed by atoms with Crippen LogP contribution in [0.4, 0.5) is 0 Å². The summed E-state index contributed by atoms with van der Waals surface area (Å²) in [6.45, 7) is 0.0363. The molecule has 1 atom stereocenters. The summed E-state index contributed by atoms with van der Waals surface area (Å²) in [7, 11) is 0.0432. The summed E-state index contributed by atoms with van der Waals surface area (Å²) in [5.74, 6) is -0.964. The molecule has 7 nitrogen and oxygen atoms in total. The highest BCUT2D eigenvalue weighted by molar-refractivity contribution is 7.91. The molecule has 132 valence electrons. The Labute approximate surface area is 141 Å². The third-order valence-corrected chi connectivity index (χ3v) is 5.73. The van der Waals surface area contributed by atoms with Crippen molar-refractivity contribution in [3.8, 4) is 0 Å². The van der Waals surface area contributed by atoms with Crippen LogP contribution in [0.2, 0.25) is 0 Å². The normalized spacial score (nSPS) is 19.0. The summed E-state index contributed by atoms with van der Waals surface area (Å²) < 4.78 is 32.9. The van der Waals surface area contributed by atoms with Crippen LogP contribution in [0.15, 0.2) is 24.3 Å². The van der Waals surface area contributed by atoms with Crippen LogP contribution in [0.25, 0.3) is 0 Å². The number of hydrogen-bond donors (Lipinski definition) is 0. The van der Waals surface area contributed by atoms with Crippen molar-refractivity contribution in [2.24, 2.45) is 0 Å². The minimum absolute atomic E-state index is 0.0376. The van der Waals surface area contributed by atoms with E-state index < -0.39 is 28.3 Å². The molecule has 0 aromatic heterocycles. The van der Waals surface area contributed by atoms with Gasteiger partial charge in [0.25, 0.3) is 5.91 Å². The molecule has 2 rings (SSSR count). The van der Waals surface area contributed by atoms with E-state index >= 15 is 0 Å². The average Bonchev–Trinajstić information content (AvgIpc) is 2.92. The van der Waals surface area contributed by atoms with E-state index in [-0.39, 0.29) is 17.5 Å². The lowest BCUT2D eigenvalue weighted by Crippen LogP contribution is -2.40. The van der Waals surface area contributed by atoms with E-state index in [1.165, 1.54) is 11.9 Å². The summed E-state index contributed by atoms with van der Waals surface area (Å²) in [6.07, 6.45) is 0.416. The van der Waals surface area contributed by atoms with Crippen molar-refractivity contribution in [3.05, 3.63) is 35.4 Å². The number of methoxy groups -OCH3 is 1. The van der Waals surface area contributed by atoms with Gasteiger partial charge in [0.15, 0.2) is 16.4 Å². The minimum Gasteiger partial charge on any atom is -0.452 e. The molecule has 0 spiro atoms. The van der Waals surface area contributed by atoms with Crippen LogP contribution in [0.3, 0.4) is 0 Å². The molecule has 0 aliphatic carbocycles. The standard InChI is InChI=1S/C16H21NO6S/c1-17(14-7-8-24(20,21)11-14)15(18)10-23-16(19)13-5-3-12(4-6-13)9-22-2/h3-6,14H,7-11H2,1-2H3/t14-/m1/s1. The van der Waals surface area contributed by atoms with Crippen molar-refractivity contribution in [1.82, 2.24) is 4.90 Å². The molecule has 0 saturated carbocycles. The molecule has 0 radical (unpaired) electrons. The van der Waals surface area contributed by atoms with Gasteiger partial charge in [0.05, 0.1) is 23.7 Å². The van der Waals surface area contributed by atoms with Crippen LogP contribution in [0.1, 0.15) is 22.3 Å². The highest BCUT2D eigenvalue weighted by Crippen LogP contribution is 2.16. The SMILES string of the molecule is COCc1ccc(C(=O)OCC(=O)N(C)[C@@H]2CCS(=O)(=O)C2)cc1. The van der Waals surface area contributed by atoms with Gasteiger partial charge in [-0.25, -0.2) is 13.2 Å². The molecular weight excluding hydrogens is 334 g/mol. The Balaban J connectivity index is 1.85. The first-order valence-electron chi connectivity index (χ1n) is 7.53. The Bertz CT molecular complexity index is 698. The molecule has 1 aromatic carbocycles. The van der Waals surface area contributed by atoms with Gasteiger partial charge in [0, 0.05) is 20.2 Å². The third kappa shape index (κ3) is 4.78. The number of sulfone groups is 1. The van der Waals surface area contributed by atoms with E-state index in [9.17, 15) is 18.0 Å². The quantitative estimate of drug-likeness (QED) is 0.696. The van der Waals surface area contributed by atoms with E-state index in [1.807, 2.05) is 0 Å². The molecule has 1 aromatic rings. The minimum atomic E-state index is -3.07. The van der Waals surface area contributed by atoms with E-state index in [2.05, 4.69) is 0 Å². The van der Waals surface area contributed by atoms with E-state index in [0.29, 0.717) is 18.6 Å². The Morgan fingerprint density at radius 2 is 1.92 bits per heavy atom. The van der Waals surface area contributed by atoms with Gasteiger partial charge in [-0.15, -0.1) is 0 Å². The predicted octanol–water partition coefficient (Wildman–Crippen LogP) is 0.635. The van der Waals surface area contributed by atoms with Crippen LogP contribution < -0.4 is 0 Å². The van der Waals surface area contributed by atoms with Crippen molar-refractivity contribution >= 4 is 21.7 Å². The molecular formula is C16H21NO6S. The van der Waals surface area contributed by atoms with Gasteiger partial charge in [-0.3, -0.25) is 4.79 Å². The fourth-order valence-corrected chi connectivity index (χ4v) is 4.28. The summed E-state index contributed by atoms with van der Waals surface area (Å²) in [4.78, 5) is 25.3. The number of hydrogen-bond acceptors (Lipinski definition) is 6. The van der Waals surface area contributed by atoms with Crippen LogP contribution >= 0.6 is 0 Å². The zero-order chi connectivity index (χ0) is 17.7. The van der Waals surface area contributed by atoms with Crippen LogP contribution in [0, 0.1) is 0 Å². The predicted molar refractivity (Wildman–Crippen MR) is 87.3 cm³/mol. The number of esters is 1. The molecule has 1 amide bonds. The lowest BCUT2D eigenvalue weighted by Gasteiger charge is -2.23. The van der Waals surface area contributed by atoms with Gasteiger partial charge < -0.3 is 14.4 Å². The number of likely N-dealkylation sites (N-methyl/N-ethyl adjacent to an activating group) is 1. The zero-order valence-corrected chi connectivity index (χ0v) is 14.5. The molecule has 1 heterocycles. The molecule has 1 fully saturated rings. The summed E-state index contributed by atoms with van der Waals surface area (Å²) in [5.41, 5.74) is 1.26. The van der Waals surface area contributed by atoms with Gasteiger partial charge >= 0.3 is 5.97 Å².